The van der Waals surface area contributed by atoms with Crippen LogP contribution in [0.2, 0.25) is 0 Å². The molecule has 5 aromatic carbocycles. The van der Waals surface area contributed by atoms with E-state index in [0.29, 0.717) is 5.84 Å². The second kappa shape index (κ2) is 8.59. The third-order valence-corrected chi connectivity index (χ3v) is 5.07. The smallest absolute Gasteiger partial charge is 0.201 e. The fourth-order valence-electron chi connectivity index (χ4n) is 3.45. The second-order valence-electron chi connectivity index (χ2n) is 7.21. The standard InChI is InChI=1S/C27H20N4/c1-2-10-22(11-3-1)27(30-28-25-16-14-20-8-4-6-12-23(20)18-25)31-29-26-17-15-21-9-5-7-13-24(21)19-26/h1-19,28H/b30-27+,31-29?. The highest BCUT2D eigenvalue weighted by Gasteiger charge is 2.03. The Morgan fingerprint density at radius 1 is 0.548 bits per heavy atom. The molecule has 0 fully saturated rings. The fourth-order valence-corrected chi connectivity index (χ4v) is 3.45. The molecule has 4 nitrogen and oxygen atoms in total. The van der Waals surface area contributed by atoms with Crippen LogP contribution in [0.4, 0.5) is 11.4 Å². The minimum atomic E-state index is 0.516. The van der Waals surface area contributed by atoms with Crippen LogP contribution in [0.5, 0.6) is 0 Å². The molecule has 0 radical (unpaired) electrons. The van der Waals surface area contributed by atoms with Crippen molar-refractivity contribution < 1.29 is 0 Å². The van der Waals surface area contributed by atoms with Crippen molar-refractivity contribution in [3.8, 4) is 0 Å². The fraction of sp³-hybridized carbons (Fsp3) is 0. The van der Waals surface area contributed by atoms with Crippen molar-refractivity contribution >= 4 is 38.8 Å². The van der Waals surface area contributed by atoms with Crippen LogP contribution >= 0.6 is 0 Å². The summed E-state index contributed by atoms with van der Waals surface area (Å²) in [5.41, 5.74) is 5.71. The number of rotatable bonds is 4. The van der Waals surface area contributed by atoms with Gasteiger partial charge >= 0.3 is 0 Å². The van der Waals surface area contributed by atoms with Crippen LogP contribution in [-0.4, -0.2) is 5.84 Å². The lowest BCUT2D eigenvalue weighted by Gasteiger charge is -2.05. The molecular weight excluding hydrogens is 380 g/mol. The number of hydrogen-bond acceptors (Lipinski definition) is 3. The van der Waals surface area contributed by atoms with E-state index >= 15 is 0 Å². The maximum absolute atomic E-state index is 4.55. The second-order valence-corrected chi connectivity index (χ2v) is 7.21. The quantitative estimate of drug-likeness (QED) is 0.144. The van der Waals surface area contributed by atoms with E-state index in [-0.39, 0.29) is 0 Å². The first-order chi connectivity index (χ1) is 15.3. The summed E-state index contributed by atoms with van der Waals surface area (Å²) in [6, 6.07) is 38.5. The van der Waals surface area contributed by atoms with Gasteiger partial charge in [0.2, 0.25) is 5.84 Å². The minimum Gasteiger partial charge on any atom is -0.276 e. The molecule has 4 heteroatoms. The van der Waals surface area contributed by atoms with E-state index in [9.17, 15) is 0 Å². The molecule has 148 valence electrons. The van der Waals surface area contributed by atoms with Gasteiger partial charge in [-0.1, -0.05) is 91.0 Å². The molecule has 5 rings (SSSR count). The molecule has 5 aromatic rings. The third-order valence-electron chi connectivity index (χ3n) is 5.07. The first-order valence-electron chi connectivity index (χ1n) is 10.1. The summed E-state index contributed by atoms with van der Waals surface area (Å²) in [6.45, 7) is 0. The van der Waals surface area contributed by atoms with Crippen LogP contribution in [-0.2, 0) is 0 Å². The van der Waals surface area contributed by atoms with Gasteiger partial charge in [0.25, 0.3) is 0 Å². The lowest BCUT2D eigenvalue weighted by molar-refractivity contribution is 1.23. The Morgan fingerprint density at radius 2 is 1.16 bits per heavy atom. The first kappa shape index (κ1) is 18.7. The topological polar surface area (TPSA) is 49.1 Å². The van der Waals surface area contributed by atoms with E-state index in [1.165, 1.54) is 10.8 Å². The summed E-state index contributed by atoms with van der Waals surface area (Å²) in [4.78, 5) is 0. The van der Waals surface area contributed by atoms with Crippen LogP contribution in [0.25, 0.3) is 21.5 Å². The van der Waals surface area contributed by atoms with Crippen molar-refractivity contribution in [1.82, 2.24) is 0 Å². The number of nitrogens with one attached hydrogen (secondary N) is 1. The van der Waals surface area contributed by atoms with Crippen molar-refractivity contribution in [2.45, 2.75) is 0 Å². The Kier molecular flexibility index (Phi) is 5.18. The van der Waals surface area contributed by atoms with Gasteiger partial charge in [0.05, 0.1) is 11.4 Å². The van der Waals surface area contributed by atoms with Gasteiger partial charge < -0.3 is 0 Å². The van der Waals surface area contributed by atoms with Crippen molar-refractivity contribution in [2.75, 3.05) is 5.43 Å². The first-order valence-corrected chi connectivity index (χ1v) is 10.1. The molecule has 1 N–H and O–H groups in total. The maximum atomic E-state index is 4.55. The Morgan fingerprint density at radius 3 is 1.90 bits per heavy atom. The monoisotopic (exact) mass is 400 g/mol. The zero-order valence-electron chi connectivity index (χ0n) is 16.8. The van der Waals surface area contributed by atoms with Crippen LogP contribution in [0, 0.1) is 0 Å². The van der Waals surface area contributed by atoms with E-state index in [1.54, 1.807) is 0 Å². The lowest BCUT2D eigenvalue weighted by atomic mass is 10.1. The van der Waals surface area contributed by atoms with E-state index < -0.39 is 0 Å². The van der Waals surface area contributed by atoms with Crippen molar-refractivity contribution in [3.63, 3.8) is 0 Å². The molecule has 0 aliphatic rings. The summed E-state index contributed by atoms with van der Waals surface area (Å²) >= 11 is 0. The predicted octanol–water partition coefficient (Wildman–Crippen LogP) is 7.55. The Balaban J connectivity index is 1.46. The third kappa shape index (κ3) is 4.33. The van der Waals surface area contributed by atoms with Gasteiger partial charge in [0.15, 0.2) is 0 Å². The molecular formula is C27H20N4. The van der Waals surface area contributed by atoms with Gasteiger partial charge in [-0.15, -0.1) is 10.2 Å². The highest BCUT2D eigenvalue weighted by atomic mass is 15.3. The summed E-state index contributed by atoms with van der Waals surface area (Å²) < 4.78 is 0. The summed E-state index contributed by atoms with van der Waals surface area (Å²) in [5, 5.41) is 18.1. The molecule has 0 heterocycles. The molecule has 0 aliphatic carbocycles. The SMILES string of the molecule is c1ccc(/C(N=Nc2ccc3ccccc3c2)=N\Nc2ccc3ccccc3c2)cc1. The van der Waals surface area contributed by atoms with E-state index in [0.717, 1.165) is 27.7 Å². The van der Waals surface area contributed by atoms with Gasteiger partial charge in [-0.05, 0) is 45.8 Å². The number of benzene rings is 5. The van der Waals surface area contributed by atoms with Gasteiger partial charge in [-0.2, -0.15) is 5.10 Å². The summed E-state index contributed by atoms with van der Waals surface area (Å²) in [5.74, 6) is 0.516. The number of hydrogen-bond donors (Lipinski definition) is 1. The van der Waals surface area contributed by atoms with Crippen molar-refractivity contribution in [1.29, 1.82) is 0 Å². The maximum Gasteiger partial charge on any atom is 0.201 e. The largest absolute Gasteiger partial charge is 0.276 e. The average molecular weight is 400 g/mol. The summed E-state index contributed by atoms with van der Waals surface area (Å²) in [6.07, 6.45) is 0. The number of fused-ring (bicyclic) bond motifs is 2. The molecule has 31 heavy (non-hydrogen) atoms. The van der Waals surface area contributed by atoms with Crippen LogP contribution in [0.15, 0.2) is 131 Å². The van der Waals surface area contributed by atoms with E-state index in [2.05, 4.69) is 63.2 Å². The highest BCUT2D eigenvalue weighted by molar-refractivity contribution is 5.99. The Hall–Kier alpha value is -4.31. The molecule has 0 amide bonds. The zero-order valence-corrected chi connectivity index (χ0v) is 16.8. The Bertz CT molecular complexity index is 1400. The normalized spacial score (nSPS) is 11.9. The zero-order chi connectivity index (χ0) is 20.9. The van der Waals surface area contributed by atoms with Gasteiger partial charge in [-0.25, -0.2) is 0 Å². The van der Waals surface area contributed by atoms with E-state index in [1.807, 2.05) is 72.8 Å². The number of amidine groups is 1. The molecule has 0 spiro atoms. The lowest BCUT2D eigenvalue weighted by Crippen LogP contribution is -2.01. The molecule has 0 aliphatic heterocycles. The molecule has 0 aromatic heterocycles. The minimum absolute atomic E-state index is 0.516. The molecule has 0 saturated carbocycles. The predicted molar refractivity (Wildman–Crippen MR) is 129 cm³/mol. The van der Waals surface area contributed by atoms with Crippen LogP contribution in [0.1, 0.15) is 5.56 Å². The number of anilines is 1. The van der Waals surface area contributed by atoms with Gasteiger partial charge in [-0.3, -0.25) is 5.43 Å². The van der Waals surface area contributed by atoms with Gasteiger partial charge in [0.1, 0.15) is 0 Å². The van der Waals surface area contributed by atoms with E-state index in [4.69, 9.17) is 0 Å². The number of hydrazone groups is 1. The molecule has 0 atom stereocenters. The van der Waals surface area contributed by atoms with Crippen molar-refractivity contribution in [3.05, 3.63) is 121 Å². The van der Waals surface area contributed by atoms with Crippen LogP contribution in [0.3, 0.4) is 0 Å². The highest BCUT2D eigenvalue weighted by Crippen LogP contribution is 2.22. The molecule has 0 bridgehead atoms. The average Bonchev–Trinajstić information content (AvgIpc) is 2.84. The Labute approximate surface area is 180 Å². The van der Waals surface area contributed by atoms with Crippen molar-refractivity contribution in [2.24, 2.45) is 15.3 Å². The number of azo groups is 1. The molecule has 0 unspecified atom stereocenters. The van der Waals surface area contributed by atoms with Gasteiger partial charge in [0, 0.05) is 5.56 Å². The number of nitrogens with zero attached hydrogens (tertiary/aromatic N) is 3. The molecule has 0 saturated heterocycles. The van der Waals surface area contributed by atoms with Crippen LogP contribution < -0.4 is 5.43 Å². The summed E-state index contributed by atoms with van der Waals surface area (Å²) in [7, 11) is 0.